The van der Waals surface area contributed by atoms with Crippen LogP contribution in [0, 0.1) is 11.8 Å². The Morgan fingerprint density at radius 1 is 0.845 bits per heavy atom. The number of hydrogen-bond acceptors (Lipinski definition) is 14. The summed E-state index contributed by atoms with van der Waals surface area (Å²) in [6, 6.07) is 15.1. The maximum Gasteiger partial charge on any atom is 0.262 e. The number of likely N-dealkylation sites (tertiary alicyclic amines) is 1. The van der Waals surface area contributed by atoms with Crippen molar-refractivity contribution in [3.8, 4) is 11.3 Å². The van der Waals surface area contributed by atoms with Gasteiger partial charge in [0.25, 0.3) is 17.7 Å². The van der Waals surface area contributed by atoms with Gasteiger partial charge in [0.05, 0.1) is 28.3 Å². The van der Waals surface area contributed by atoms with E-state index in [1.54, 1.807) is 10.7 Å². The molecule has 4 fully saturated rings. The molecule has 19 heteroatoms. The molecular formula is C52H63N15O4. The number of amides is 4. The van der Waals surface area contributed by atoms with Crippen molar-refractivity contribution in [2.75, 3.05) is 79.4 Å². The fourth-order valence-corrected chi connectivity index (χ4v) is 12.0. The van der Waals surface area contributed by atoms with E-state index in [0.29, 0.717) is 70.8 Å². The number of nitrogens with zero attached hydrogens (tertiary/aromatic N) is 12. The number of H-pyrrole nitrogens is 1. The summed E-state index contributed by atoms with van der Waals surface area (Å²) in [6.45, 7) is 20.4. The summed E-state index contributed by atoms with van der Waals surface area (Å²) >= 11 is 0. The molecule has 71 heavy (non-hydrogen) atoms. The summed E-state index contributed by atoms with van der Waals surface area (Å²) in [4.78, 5) is 71.2. The molecule has 5 aromatic rings. The Bertz CT molecular complexity index is 2950. The third-order valence-corrected chi connectivity index (χ3v) is 16.2. The number of piperazine rings is 1. The normalized spacial score (nSPS) is 24.0. The minimum atomic E-state index is -0.805. The Labute approximate surface area is 413 Å². The topological polar surface area (TPSA) is 197 Å². The van der Waals surface area contributed by atoms with Crippen molar-refractivity contribution in [3.63, 3.8) is 0 Å². The average molecular weight is 962 g/mol. The van der Waals surface area contributed by atoms with E-state index >= 15 is 0 Å². The molecule has 3 aromatic heterocycles. The second-order valence-electron chi connectivity index (χ2n) is 20.7. The molecule has 6 aliphatic heterocycles. The summed E-state index contributed by atoms with van der Waals surface area (Å²) in [5.74, 6) is 1.49. The van der Waals surface area contributed by atoms with E-state index in [1.165, 1.54) is 12.8 Å². The standard InChI is InChI=1S/C52H63N15O4/c1-30-7-12-44(48(68)54-30)66-50(70)40-10-9-39(25-41(40)51(66)71)63-21-16-35(17-22-63)28-62-19-14-36(15-20-62)29-65-31(2)26-64(27-32(65)3)45-23-37(13-18-53-45)47-42-24-38(8-11-43(42)56-57-47)55-49(69)46-33(4)61(6)52-58-59-60-67(52)34(46)5/h8-11,13,18,23-25,31-32,34-36,44H,1,7,12,14-17,19-22,26-29H2,2-6H3,(H,54,68)(H,55,69)(H,56,57)/t31-,32+,34-,44?/m0/s1. The largest absolute Gasteiger partial charge is 0.371 e. The van der Waals surface area contributed by atoms with Crippen molar-refractivity contribution < 1.29 is 19.2 Å². The van der Waals surface area contributed by atoms with Crippen molar-refractivity contribution >= 4 is 57.7 Å². The second kappa shape index (κ2) is 18.6. The first-order valence-corrected chi connectivity index (χ1v) is 25.3. The van der Waals surface area contributed by atoms with Crippen LogP contribution in [0.1, 0.15) is 93.0 Å². The number of fused-ring (bicyclic) bond motifs is 3. The van der Waals surface area contributed by atoms with E-state index in [4.69, 9.17) is 10.1 Å². The molecule has 19 nitrogen and oxygen atoms in total. The monoisotopic (exact) mass is 962 g/mol. The number of allylic oxidation sites excluding steroid dienone is 2. The van der Waals surface area contributed by atoms with Crippen LogP contribution in [-0.4, -0.2) is 151 Å². The van der Waals surface area contributed by atoms with Crippen LogP contribution in [-0.2, 0) is 9.59 Å². The van der Waals surface area contributed by atoms with E-state index in [0.717, 1.165) is 109 Å². The van der Waals surface area contributed by atoms with Gasteiger partial charge in [0.2, 0.25) is 11.9 Å². The fraction of sp³-hybridized carbons (Fsp3) is 0.481. The predicted molar refractivity (Wildman–Crippen MR) is 271 cm³/mol. The number of pyridine rings is 1. The summed E-state index contributed by atoms with van der Waals surface area (Å²) in [5.41, 5.74) is 7.04. The Hall–Kier alpha value is -6.99. The number of carbonyl (C=O) groups excluding carboxylic acids is 4. The zero-order chi connectivity index (χ0) is 49.2. The summed E-state index contributed by atoms with van der Waals surface area (Å²) in [5, 5.41) is 26.7. The van der Waals surface area contributed by atoms with Gasteiger partial charge >= 0.3 is 0 Å². The number of imide groups is 1. The first-order valence-electron chi connectivity index (χ1n) is 25.3. The molecule has 4 saturated heterocycles. The molecule has 0 saturated carbocycles. The third-order valence-electron chi connectivity index (χ3n) is 16.2. The van der Waals surface area contributed by atoms with Crippen LogP contribution in [0.5, 0.6) is 0 Å². The van der Waals surface area contributed by atoms with Gasteiger partial charge in [0.1, 0.15) is 17.6 Å². The van der Waals surface area contributed by atoms with E-state index in [9.17, 15) is 19.2 Å². The summed E-state index contributed by atoms with van der Waals surface area (Å²) in [6.07, 6.45) is 7.38. The van der Waals surface area contributed by atoms with Crippen molar-refractivity contribution in [1.82, 2.24) is 55.4 Å². The molecule has 2 aromatic carbocycles. The molecule has 0 bridgehead atoms. The van der Waals surface area contributed by atoms with Gasteiger partial charge in [0, 0.05) is 98.3 Å². The van der Waals surface area contributed by atoms with E-state index in [1.807, 2.05) is 68.4 Å². The zero-order valence-corrected chi connectivity index (χ0v) is 41.3. The van der Waals surface area contributed by atoms with Gasteiger partial charge in [-0.05, 0) is 150 Å². The second-order valence-corrected chi connectivity index (χ2v) is 20.7. The minimum absolute atomic E-state index is 0.207. The zero-order valence-electron chi connectivity index (χ0n) is 41.3. The highest BCUT2D eigenvalue weighted by Gasteiger charge is 2.44. The fourth-order valence-electron chi connectivity index (χ4n) is 12.0. The Morgan fingerprint density at radius 2 is 1.58 bits per heavy atom. The number of aromatic nitrogens is 7. The smallest absolute Gasteiger partial charge is 0.262 e. The van der Waals surface area contributed by atoms with Crippen molar-refractivity contribution in [2.45, 2.75) is 90.4 Å². The molecule has 3 N–H and O–H groups in total. The number of anilines is 4. The maximum absolute atomic E-state index is 13.8. The van der Waals surface area contributed by atoms with Gasteiger partial charge in [-0.25, -0.2) is 9.67 Å². The van der Waals surface area contributed by atoms with Crippen LogP contribution < -0.4 is 25.3 Å². The lowest BCUT2D eigenvalue weighted by Crippen LogP contribution is -2.58. The molecule has 4 atom stereocenters. The minimum Gasteiger partial charge on any atom is -0.371 e. The molecule has 9 heterocycles. The number of benzene rings is 2. The molecule has 0 radical (unpaired) electrons. The molecule has 4 amide bonds. The van der Waals surface area contributed by atoms with Crippen molar-refractivity contribution in [3.05, 3.63) is 89.4 Å². The number of aromatic amines is 1. The van der Waals surface area contributed by atoms with Crippen LogP contribution in [0.4, 0.5) is 23.1 Å². The summed E-state index contributed by atoms with van der Waals surface area (Å²) < 4.78 is 1.66. The lowest BCUT2D eigenvalue weighted by atomic mass is 9.91. The van der Waals surface area contributed by atoms with Crippen LogP contribution in [0.2, 0.25) is 0 Å². The Balaban J connectivity index is 0.656. The highest BCUT2D eigenvalue weighted by molar-refractivity contribution is 6.23. The quantitative estimate of drug-likeness (QED) is 0.150. The van der Waals surface area contributed by atoms with Gasteiger partial charge in [-0.15, -0.1) is 0 Å². The first kappa shape index (κ1) is 46.4. The van der Waals surface area contributed by atoms with Gasteiger partial charge in [0.15, 0.2) is 0 Å². The SMILES string of the molecule is C=C1CCC(N2C(=O)c3ccc(N4CCC(CN5CCC(CN6[C@H](C)CN(c7cc(-c8n[nH]c9ccc(NC(=O)C%10=C(C)N(C)c%11nnnn%11[C@H]%10C)cc89)ccn7)C[C@@H]6C)CC5)CC4)cc3C2=O)C(=O)N1. The number of rotatable bonds is 10. The maximum atomic E-state index is 13.8. The first-order chi connectivity index (χ1) is 34.3. The van der Waals surface area contributed by atoms with E-state index < -0.39 is 11.9 Å². The number of carbonyl (C=O) groups is 4. The lowest BCUT2D eigenvalue weighted by molar-refractivity contribution is -0.125. The third kappa shape index (κ3) is 8.61. The van der Waals surface area contributed by atoms with Gasteiger partial charge in [-0.1, -0.05) is 11.7 Å². The number of tetrazole rings is 1. The van der Waals surface area contributed by atoms with Gasteiger partial charge in [-0.2, -0.15) is 5.10 Å². The summed E-state index contributed by atoms with van der Waals surface area (Å²) in [7, 11) is 1.86. The van der Waals surface area contributed by atoms with Gasteiger partial charge in [-0.3, -0.25) is 34.1 Å². The molecule has 0 aliphatic carbocycles. The van der Waals surface area contributed by atoms with Gasteiger partial charge < -0.3 is 30.2 Å². The van der Waals surface area contributed by atoms with Crippen LogP contribution >= 0.6 is 0 Å². The van der Waals surface area contributed by atoms with Crippen LogP contribution in [0.25, 0.3) is 22.2 Å². The Morgan fingerprint density at radius 3 is 2.34 bits per heavy atom. The molecule has 1 unspecified atom stereocenters. The van der Waals surface area contributed by atoms with Crippen molar-refractivity contribution in [2.24, 2.45) is 11.8 Å². The molecule has 11 rings (SSSR count). The lowest BCUT2D eigenvalue weighted by Gasteiger charge is -2.47. The Kier molecular flexibility index (Phi) is 12.2. The van der Waals surface area contributed by atoms with E-state index in [2.05, 4.69) is 77.4 Å². The molecule has 0 spiro atoms. The number of nitrogens with one attached hydrogen (secondary N) is 3. The average Bonchev–Trinajstić information content (AvgIpc) is 4.10. The van der Waals surface area contributed by atoms with Crippen molar-refractivity contribution in [1.29, 1.82) is 0 Å². The van der Waals surface area contributed by atoms with Crippen LogP contribution in [0.3, 0.4) is 0 Å². The number of hydrogen-bond donors (Lipinski definition) is 3. The van der Waals surface area contributed by atoms with Crippen LogP contribution in [0.15, 0.2) is 78.3 Å². The predicted octanol–water partition coefficient (Wildman–Crippen LogP) is 5.45. The van der Waals surface area contributed by atoms with E-state index in [-0.39, 0.29) is 23.8 Å². The molecular weight excluding hydrogens is 899 g/mol. The highest BCUT2D eigenvalue weighted by atomic mass is 16.2. The molecule has 6 aliphatic rings. The molecule has 370 valence electrons. The number of piperidine rings is 3. The highest BCUT2D eigenvalue weighted by Crippen LogP contribution is 2.37.